The number of fused-ring (bicyclic) bond motifs is 1. The summed E-state index contributed by atoms with van der Waals surface area (Å²) in [7, 11) is 0. The minimum Gasteiger partial charge on any atom is -0.392 e. The van der Waals surface area contributed by atoms with Crippen LogP contribution in [0, 0.1) is 10.1 Å². The molecule has 0 aliphatic heterocycles. The lowest BCUT2D eigenvalue weighted by Gasteiger charge is -2.03. The van der Waals surface area contributed by atoms with E-state index in [-0.39, 0.29) is 27.2 Å². The molecular formula is C9H6ClN3O3. The van der Waals surface area contributed by atoms with Crippen molar-refractivity contribution in [1.82, 2.24) is 4.98 Å². The van der Waals surface area contributed by atoms with Gasteiger partial charge in [-0.1, -0.05) is 11.6 Å². The van der Waals surface area contributed by atoms with Crippen LogP contribution in [0.4, 0.5) is 11.4 Å². The van der Waals surface area contributed by atoms with Crippen LogP contribution in [0.25, 0.3) is 10.9 Å². The first-order chi connectivity index (χ1) is 7.52. The third-order valence-corrected chi connectivity index (χ3v) is 2.60. The first-order valence-electron chi connectivity index (χ1n) is 4.26. The lowest BCUT2D eigenvalue weighted by atomic mass is 10.1. The van der Waals surface area contributed by atoms with Gasteiger partial charge in [0, 0.05) is 18.3 Å². The number of H-pyrrole nitrogens is 1. The van der Waals surface area contributed by atoms with E-state index in [2.05, 4.69) is 4.98 Å². The van der Waals surface area contributed by atoms with Gasteiger partial charge < -0.3 is 10.7 Å². The third kappa shape index (κ3) is 1.40. The topological polar surface area (TPSA) is 102 Å². The number of rotatable bonds is 1. The Hall–Kier alpha value is -2.08. The van der Waals surface area contributed by atoms with E-state index in [4.69, 9.17) is 17.3 Å². The van der Waals surface area contributed by atoms with Gasteiger partial charge >= 0.3 is 0 Å². The molecule has 0 atom stereocenters. The largest absolute Gasteiger partial charge is 0.392 e. The maximum Gasteiger partial charge on any atom is 0.294 e. The SMILES string of the molecule is Nc1c([N+](=O)[O-])cc2c(=O)cc[nH]c2c1Cl. The van der Waals surface area contributed by atoms with Crippen molar-refractivity contribution < 1.29 is 4.92 Å². The molecule has 0 bridgehead atoms. The number of nitrogens with zero attached hydrogens (tertiary/aromatic N) is 1. The molecule has 0 saturated heterocycles. The van der Waals surface area contributed by atoms with Crippen LogP contribution in [0.1, 0.15) is 0 Å². The lowest BCUT2D eigenvalue weighted by molar-refractivity contribution is -0.383. The molecule has 16 heavy (non-hydrogen) atoms. The number of benzene rings is 1. The summed E-state index contributed by atoms with van der Waals surface area (Å²) in [5.74, 6) is 0. The van der Waals surface area contributed by atoms with Gasteiger partial charge in [0.15, 0.2) is 5.43 Å². The van der Waals surface area contributed by atoms with Crippen molar-refractivity contribution in [2.75, 3.05) is 5.73 Å². The highest BCUT2D eigenvalue weighted by molar-refractivity contribution is 6.38. The number of nitrogens with two attached hydrogens (primary N) is 1. The second kappa shape index (κ2) is 3.49. The Morgan fingerprint density at radius 2 is 2.19 bits per heavy atom. The normalized spacial score (nSPS) is 10.6. The smallest absolute Gasteiger partial charge is 0.294 e. The van der Waals surface area contributed by atoms with Crippen molar-refractivity contribution in [3.05, 3.63) is 43.7 Å². The van der Waals surface area contributed by atoms with Crippen LogP contribution in [0.3, 0.4) is 0 Å². The first kappa shape index (κ1) is 10.4. The van der Waals surface area contributed by atoms with Crippen molar-refractivity contribution in [1.29, 1.82) is 0 Å². The zero-order chi connectivity index (χ0) is 11.9. The van der Waals surface area contributed by atoms with E-state index in [1.807, 2.05) is 0 Å². The van der Waals surface area contributed by atoms with E-state index in [9.17, 15) is 14.9 Å². The number of nitrogen functional groups attached to an aromatic ring is 1. The summed E-state index contributed by atoms with van der Waals surface area (Å²) < 4.78 is 0. The fourth-order valence-electron chi connectivity index (χ4n) is 1.43. The average Bonchev–Trinajstić information content (AvgIpc) is 2.23. The number of aromatic amines is 1. The van der Waals surface area contributed by atoms with Gasteiger partial charge in [0.1, 0.15) is 5.69 Å². The summed E-state index contributed by atoms with van der Waals surface area (Å²) in [5.41, 5.74) is 4.94. The molecule has 0 fully saturated rings. The van der Waals surface area contributed by atoms with Crippen molar-refractivity contribution in [2.45, 2.75) is 0 Å². The Bertz CT molecular complexity index is 650. The second-order valence-electron chi connectivity index (χ2n) is 3.14. The van der Waals surface area contributed by atoms with E-state index in [0.717, 1.165) is 6.07 Å². The highest BCUT2D eigenvalue weighted by Crippen LogP contribution is 2.34. The van der Waals surface area contributed by atoms with Gasteiger partial charge in [0.25, 0.3) is 5.69 Å². The molecule has 0 amide bonds. The minimum atomic E-state index is -0.674. The maximum absolute atomic E-state index is 11.5. The van der Waals surface area contributed by atoms with Crippen molar-refractivity contribution >= 4 is 33.9 Å². The van der Waals surface area contributed by atoms with Crippen LogP contribution in [-0.2, 0) is 0 Å². The summed E-state index contributed by atoms with van der Waals surface area (Å²) in [6, 6.07) is 2.38. The van der Waals surface area contributed by atoms with Crippen molar-refractivity contribution in [2.24, 2.45) is 0 Å². The van der Waals surface area contributed by atoms with Crippen molar-refractivity contribution in [3.63, 3.8) is 0 Å². The zero-order valence-corrected chi connectivity index (χ0v) is 8.62. The van der Waals surface area contributed by atoms with Gasteiger partial charge in [-0.2, -0.15) is 0 Å². The summed E-state index contributed by atoms with van der Waals surface area (Å²) in [5, 5.41) is 10.8. The summed E-state index contributed by atoms with van der Waals surface area (Å²) >= 11 is 5.85. The number of anilines is 1. The van der Waals surface area contributed by atoms with Gasteiger partial charge in [0.2, 0.25) is 0 Å². The summed E-state index contributed by atoms with van der Waals surface area (Å²) in [6.45, 7) is 0. The van der Waals surface area contributed by atoms with Crippen LogP contribution in [0.5, 0.6) is 0 Å². The third-order valence-electron chi connectivity index (χ3n) is 2.21. The number of aromatic nitrogens is 1. The van der Waals surface area contributed by atoms with Gasteiger partial charge in [-0.25, -0.2) is 0 Å². The number of nitrogens with one attached hydrogen (secondary N) is 1. The predicted octanol–water partition coefficient (Wildman–Crippen LogP) is 1.67. The van der Waals surface area contributed by atoms with Gasteiger partial charge in [-0.3, -0.25) is 14.9 Å². The molecule has 0 unspecified atom stereocenters. The number of hydrogen-bond donors (Lipinski definition) is 2. The Labute approximate surface area is 93.8 Å². The molecule has 2 aromatic rings. The predicted molar refractivity (Wildman–Crippen MR) is 60.6 cm³/mol. The number of hydrogen-bond acceptors (Lipinski definition) is 4. The second-order valence-corrected chi connectivity index (χ2v) is 3.52. The Kier molecular flexibility index (Phi) is 2.28. The molecule has 7 heteroatoms. The quantitative estimate of drug-likeness (QED) is 0.449. The highest BCUT2D eigenvalue weighted by Gasteiger charge is 2.18. The Morgan fingerprint density at radius 3 is 2.81 bits per heavy atom. The number of nitro benzene ring substituents is 1. The molecule has 0 saturated carbocycles. The first-order valence-corrected chi connectivity index (χ1v) is 4.64. The fourth-order valence-corrected chi connectivity index (χ4v) is 1.68. The molecule has 1 aromatic carbocycles. The number of pyridine rings is 1. The molecule has 3 N–H and O–H groups in total. The van der Waals surface area contributed by atoms with Gasteiger partial charge in [-0.05, 0) is 0 Å². The van der Waals surface area contributed by atoms with Gasteiger partial charge in [-0.15, -0.1) is 0 Å². The van der Waals surface area contributed by atoms with Crippen molar-refractivity contribution in [3.8, 4) is 0 Å². The zero-order valence-electron chi connectivity index (χ0n) is 7.86. The molecule has 1 aromatic heterocycles. The molecular weight excluding hydrogens is 234 g/mol. The molecule has 0 aliphatic carbocycles. The van der Waals surface area contributed by atoms with Crippen LogP contribution in [0.15, 0.2) is 23.1 Å². The van der Waals surface area contributed by atoms with Crippen LogP contribution >= 0.6 is 11.6 Å². The van der Waals surface area contributed by atoms with Crippen LogP contribution in [-0.4, -0.2) is 9.91 Å². The fraction of sp³-hybridized carbons (Fsp3) is 0. The molecule has 0 spiro atoms. The highest BCUT2D eigenvalue weighted by atomic mass is 35.5. The Morgan fingerprint density at radius 1 is 1.50 bits per heavy atom. The lowest BCUT2D eigenvalue weighted by Crippen LogP contribution is -2.04. The Balaban J connectivity index is 3.00. The van der Waals surface area contributed by atoms with E-state index in [1.54, 1.807) is 0 Å². The average molecular weight is 240 g/mol. The molecule has 0 aliphatic rings. The standard InChI is InChI=1S/C9H6ClN3O3/c10-7-8(11)5(13(15)16)3-4-6(14)1-2-12-9(4)7/h1-3H,11H2,(H,12,14). The van der Waals surface area contributed by atoms with E-state index < -0.39 is 4.92 Å². The van der Waals surface area contributed by atoms with Gasteiger partial charge in [0.05, 0.1) is 20.8 Å². The molecule has 2 rings (SSSR count). The van der Waals surface area contributed by atoms with E-state index >= 15 is 0 Å². The van der Waals surface area contributed by atoms with E-state index in [0.29, 0.717) is 5.52 Å². The molecule has 1 heterocycles. The maximum atomic E-state index is 11.5. The molecule has 0 radical (unpaired) electrons. The van der Waals surface area contributed by atoms with E-state index in [1.165, 1.54) is 12.3 Å². The van der Waals surface area contributed by atoms with Crippen LogP contribution < -0.4 is 11.2 Å². The molecule has 82 valence electrons. The number of nitro groups is 1. The summed E-state index contributed by atoms with van der Waals surface area (Å²) in [4.78, 5) is 24.2. The molecule has 6 nitrogen and oxygen atoms in total. The monoisotopic (exact) mass is 239 g/mol. The summed E-state index contributed by atoms with van der Waals surface area (Å²) in [6.07, 6.45) is 1.40. The number of halogens is 1. The van der Waals surface area contributed by atoms with Crippen LogP contribution in [0.2, 0.25) is 5.02 Å². The minimum absolute atomic E-state index is 0.0121.